The Bertz CT molecular complexity index is 543. The van der Waals surface area contributed by atoms with Crippen molar-refractivity contribution in [1.82, 2.24) is 10.3 Å². The smallest absolute Gasteiger partial charge is 0.0924 e. The number of halogens is 2. The summed E-state index contributed by atoms with van der Waals surface area (Å²) in [6.45, 7) is 1.89. The van der Waals surface area contributed by atoms with Gasteiger partial charge in [-0.1, -0.05) is 23.2 Å². The summed E-state index contributed by atoms with van der Waals surface area (Å²) in [5.41, 5.74) is 1.78. The Morgan fingerprint density at radius 1 is 1.17 bits per heavy atom. The summed E-state index contributed by atoms with van der Waals surface area (Å²) in [5.74, 6) is 0. The van der Waals surface area contributed by atoms with Gasteiger partial charge in [-0.25, -0.2) is 0 Å². The number of hydrogen-bond donors (Lipinski definition) is 2. The molecule has 2 N–H and O–H groups in total. The van der Waals surface area contributed by atoms with Crippen LogP contribution in [-0.4, -0.2) is 25.1 Å². The van der Waals surface area contributed by atoms with Gasteiger partial charge in [-0.3, -0.25) is 4.98 Å². The summed E-state index contributed by atoms with van der Waals surface area (Å²) in [5, 5.41) is 8.54. The summed E-state index contributed by atoms with van der Waals surface area (Å²) >= 11 is 12.1. The van der Waals surface area contributed by atoms with E-state index in [0.29, 0.717) is 10.0 Å². The van der Waals surface area contributed by atoms with Crippen LogP contribution in [-0.2, 0) is 0 Å². The summed E-state index contributed by atoms with van der Waals surface area (Å²) in [7, 11) is 1.95. The highest BCUT2D eigenvalue weighted by atomic mass is 35.5. The molecular weight excluding hydrogens is 269 g/mol. The number of aromatic nitrogens is 1. The average molecular weight is 284 g/mol. The van der Waals surface area contributed by atoms with Crippen LogP contribution in [0.1, 0.15) is 6.42 Å². The van der Waals surface area contributed by atoms with Crippen molar-refractivity contribution in [1.29, 1.82) is 0 Å². The van der Waals surface area contributed by atoms with Crippen LogP contribution in [0.4, 0.5) is 5.69 Å². The Morgan fingerprint density at radius 3 is 2.78 bits per heavy atom. The minimum atomic E-state index is 0.507. The zero-order valence-corrected chi connectivity index (χ0v) is 11.6. The molecule has 0 saturated heterocycles. The molecule has 96 valence electrons. The van der Waals surface area contributed by atoms with E-state index in [4.69, 9.17) is 23.2 Å². The van der Waals surface area contributed by atoms with Crippen LogP contribution in [0.2, 0.25) is 10.0 Å². The third-order valence-corrected chi connectivity index (χ3v) is 3.52. The van der Waals surface area contributed by atoms with Crippen LogP contribution in [0, 0.1) is 0 Å². The lowest BCUT2D eigenvalue weighted by Crippen LogP contribution is -2.13. The van der Waals surface area contributed by atoms with Crippen LogP contribution in [0.15, 0.2) is 24.4 Å². The average Bonchev–Trinajstić information content (AvgIpc) is 2.39. The van der Waals surface area contributed by atoms with Crippen molar-refractivity contribution < 1.29 is 0 Å². The molecule has 2 aromatic rings. The van der Waals surface area contributed by atoms with Crippen LogP contribution in [0.3, 0.4) is 0 Å². The standard InChI is InChI=1S/C13H15Cl2N3/c1-16-6-2-7-17-11-5-8-18-13-9(11)3-4-10(14)12(13)15/h3-5,8,16H,2,6-7H2,1H3,(H,17,18). The van der Waals surface area contributed by atoms with Crippen molar-refractivity contribution >= 4 is 39.8 Å². The van der Waals surface area contributed by atoms with E-state index in [1.54, 1.807) is 12.3 Å². The van der Waals surface area contributed by atoms with E-state index in [-0.39, 0.29) is 0 Å². The second-order valence-electron chi connectivity index (χ2n) is 4.00. The van der Waals surface area contributed by atoms with E-state index in [2.05, 4.69) is 15.6 Å². The lowest BCUT2D eigenvalue weighted by Gasteiger charge is -2.10. The molecule has 2 rings (SSSR count). The van der Waals surface area contributed by atoms with Gasteiger partial charge in [-0.05, 0) is 38.2 Å². The van der Waals surface area contributed by atoms with Crippen LogP contribution in [0.5, 0.6) is 0 Å². The van der Waals surface area contributed by atoms with E-state index >= 15 is 0 Å². The number of anilines is 1. The number of rotatable bonds is 5. The Hall–Kier alpha value is -1.03. The minimum absolute atomic E-state index is 0.507. The maximum Gasteiger partial charge on any atom is 0.0924 e. The highest BCUT2D eigenvalue weighted by Crippen LogP contribution is 2.32. The molecule has 3 nitrogen and oxygen atoms in total. The third-order valence-electron chi connectivity index (χ3n) is 2.72. The first-order chi connectivity index (χ1) is 8.74. The zero-order chi connectivity index (χ0) is 13.0. The van der Waals surface area contributed by atoms with E-state index in [1.165, 1.54) is 0 Å². The van der Waals surface area contributed by atoms with Gasteiger partial charge in [0.2, 0.25) is 0 Å². The SMILES string of the molecule is CNCCCNc1ccnc2c(Cl)c(Cl)ccc12. The van der Waals surface area contributed by atoms with Crippen molar-refractivity contribution in [2.75, 3.05) is 25.5 Å². The molecule has 0 fully saturated rings. The molecule has 0 radical (unpaired) electrons. The maximum absolute atomic E-state index is 6.15. The summed E-state index contributed by atoms with van der Waals surface area (Å²) in [6.07, 6.45) is 2.80. The van der Waals surface area contributed by atoms with Gasteiger partial charge in [-0.15, -0.1) is 0 Å². The molecule has 1 aromatic heterocycles. The van der Waals surface area contributed by atoms with Gasteiger partial charge in [0.25, 0.3) is 0 Å². The Balaban J connectivity index is 2.26. The second kappa shape index (κ2) is 6.23. The Morgan fingerprint density at radius 2 is 2.00 bits per heavy atom. The molecule has 0 bridgehead atoms. The first-order valence-corrected chi connectivity index (χ1v) is 6.61. The molecule has 18 heavy (non-hydrogen) atoms. The fourth-order valence-corrected chi connectivity index (χ4v) is 2.17. The largest absolute Gasteiger partial charge is 0.384 e. The summed E-state index contributed by atoms with van der Waals surface area (Å²) in [6, 6.07) is 5.69. The van der Waals surface area contributed by atoms with Crippen molar-refractivity contribution in [3.63, 3.8) is 0 Å². The van der Waals surface area contributed by atoms with E-state index in [9.17, 15) is 0 Å². The normalized spacial score (nSPS) is 10.8. The molecule has 0 amide bonds. The highest BCUT2D eigenvalue weighted by molar-refractivity contribution is 6.45. The number of nitrogens with zero attached hydrogens (tertiary/aromatic N) is 1. The van der Waals surface area contributed by atoms with E-state index in [0.717, 1.165) is 36.1 Å². The molecule has 1 aromatic carbocycles. The van der Waals surface area contributed by atoms with Crippen LogP contribution >= 0.6 is 23.2 Å². The molecule has 5 heteroatoms. The zero-order valence-electron chi connectivity index (χ0n) is 10.1. The van der Waals surface area contributed by atoms with Crippen molar-refractivity contribution in [3.05, 3.63) is 34.4 Å². The minimum Gasteiger partial charge on any atom is -0.384 e. The predicted octanol–water partition coefficient (Wildman–Crippen LogP) is 3.56. The van der Waals surface area contributed by atoms with E-state index < -0.39 is 0 Å². The third kappa shape index (κ3) is 2.86. The van der Waals surface area contributed by atoms with Gasteiger partial charge in [0, 0.05) is 23.8 Å². The fraction of sp³-hybridized carbons (Fsp3) is 0.308. The molecule has 0 aliphatic carbocycles. The predicted molar refractivity (Wildman–Crippen MR) is 78.8 cm³/mol. The van der Waals surface area contributed by atoms with Crippen molar-refractivity contribution in [2.45, 2.75) is 6.42 Å². The topological polar surface area (TPSA) is 37.0 Å². The summed E-state index contributed by atoms with van der Waals surface area (Å²) in [4.78, 5) is 4.28. The lowest BCUT2D eigenvalue weighted by molar-refractivity contribution is 0.748. The van der Waals surface area contributed by atoms with Gasteiger partial charge in [-0.2, -0.15) is 0 Å². The van der Waals surface area contributed by atoms with Crippen LogP contribution in [0.25, 0.3) is 10.9 Å². The molecule has 0 unspecified atom stereocenters. The van der Waals surface area contributed by atoms with Gasteiger partial charge >= 0.3 is 0 Å². The highest BCUT2D eigenvalue weighted by Gasteiger charge is 2.07. The molecule has 0 spiro atoms. The first kappa shape index (κ1) is 13.4. The van der Waals surface area contributed by atoms with Gasteiger partial charge < -0.3 is 10.6 Å². The first-order valence-electron chi connectivity index (χ1n) is 5.85. The quantitative estimate of drug-likeness (QED) is 0.824. The summed E-state index contributed by atoms with van der Waals surface area (Å²) < 4.78 is 0. The lowest BCUT2D eigenvalue weighted by atomic mass is 10.2. The molecule has 0 aliphatic heterocycles. The Labute approximate surface area is 116 Å². The molecule has 0 aliphatic rings. The van der Waals surface area contributed by atoms with Crippen LogP contribution < -0.4 is 10.6 Å². The fourth-order valence-electron chi connectivity index (χ4n) is 1.80. The maximum atomic E-state index is 6.15. The van der Waals surface area contributed by atoms with Crippen molar-refractivity contribution in [2.24, 2.45) is 0 Å². The second-order valence-corrected chi connectivity index (χ2v) is 4.79. The monoisotopic (exact) mass is 283 g/mol. The molecule has 0 saturated carbocycles. The number of fused-ring (bicyclic) bond motifs is 1. The molecule has 1 heterocycles. The Kier molecular flexibility index (Phi) is 4.64. The van der Waals surface area contributed by atoms with Gasteiger partial charge in [0.15, 0.2) is 0 Å². The number of nitrogens with one attached hydrogen (secondary N) is 2. The van der Waals surface area contributed by atoms with Gasteiger partial charge in [0.1, 0.15) is 0 Å². The van der Waals surface area contributed by atoms with Gasteiger partial charge in [0.05, 0.1) is 15.6 Å². The molecular formula is C13H15Cl2N3. The number of benzene rings is 1. The molecule has 0 atom stereocenters. The number of hydrogen-bond acceptors (Lipinski definition) is 3. The number of pyridine rings is 1. The van der Waals surface area contributed by atoms with E-state index in [1.807, 2.05) is 19.2 Å². The van der Waals surface area contributed by atoms with Crippen molar-refractivity contribution in [3.8, 4) is 0 Å².